The van der Waals surface area contributed by atoms with Crippen molar-refractivity contribution in [1.29, 1.82) is 0 Å². The predicted octanol–water partition coefficient (Wildman–Crippen LogP) is 3.43. The maximum absolute atomic E-state index is 12.1. The molecule has 0 spiro atoms. The number of rotatable bonds is 4. The van der Waals surface area contributed by atoms with Crippen molar-refractivity contribution in [3.8, 4) is 0 Å². The molecule has 21 heavy (non-hydrogen) atoms. The molecular formula is C17H15NO3. The number of aromatic carboxylic acids is 1. The van der Waals surface area contributed by atoms with Crippen LogP contribution in [0, 0.1) is 0 Å². The second-order valence-electron chi connectivity index (χ2n) is 4.54. The lowest BCUT2D eigenvalue weighted by Gasteiger charge is -2.08. The van der Waals surface area contributed by atoms with E-state index in [1.165, 1.54) is 6.07 Å². The Labute approximate surface area is 122 Å². The number of carboxylic acids is 1. The van der Waals surface area contributed by atoms with Gasteiger partial charge in [0.2, 0.25) is 0 Å². The molecule has 1 amide bonds. The third-order valence-electron chi connectivity index (χ3n) is 2.95. The molecule has 0 fully saturated rings. The zero-order valence-electron chi connectivity index (χ0n) is 11.5. The van der Waals surface area contributed by atoms with Gasteiger partial charge >= 0.3 is 5.97 Å². The lowest BCUT2D eigenvalue weighted by molar-refractivity contribution is -0.112. The molecule has 0 bridgehead atoms. The van der Waals surface area contributed by atoms with Gasteiger partial charge in [-0.3, -0.25) is 4.79 Å². The SMILES string of the molecule is C/C(=C\c1ccccc1)C(=O)Nc1ccccc1C(=O)O. The normalized spacial score (nSPS) is 11.0. The molecule has 2 aromatic rings. The van der Waals surface area contributed by atoms with E-state index in [2.05, 4.69) is 5.32 Å². The average Bonchev–Trinajstić information content (AvgIpc) is 2.48. The number of para-hydroxylation sites is 1. The number of nitrogens with one attached hydrogen (secondary N) is 1. The number of carbonyl (C=O) groups excluding carboxylic acids is 1. The lowest BCUT2D eigenvalue weighted by Crippen LogP contribution is -2.15. The van der Waals surface area contributed by atoms with Crippen molar-refractivity contribution in [3.05, 3.63) is 71.3 Å². The van der Waals surface area contributed by atoms with Crippen LogP contribution in [0.15, 0.2) is 60.2 Å². The summed E-state index contributed by atoms with van der Waals surface area (Å²) in [6, 6.07) is 15.8. The molecule has 0 heterocycles. The second kappa shape index (κ2) is 6.52. The van der Waals surface area contributed by atoms with E-state index < -0.39 is 5.97 Å². The Morgan fingerprint density at radius 1 is 1.00 bits per heavy atom. The second-order valence-corrected chi connectivity index (χ2v) is 4.54. The summed E-state index contributed by atoms with van der Waals surface area (Å²) < 4.78 is 0. The lowest BCUT2D eigenvalue weighted by atomic mass is 10.1. The molecule has 0 aliphatic heterocycles. The van der Waals surface area contributed by atoms with E-state index in [1.807, 2.05) is 30.3 Å². The van der Waals surface area contributed by atoms with Gasteiger partial charge in [-0.25, -0.2) is 4.79 Å². The standard InChI is InChI=1S/C17H15NO3/c1-12(11-13-7-3-2-4-8-13)16(19)18-15-10-6-5-9-14(15)17(20)21/h2-11H,1H3,(H,18,19)(H,20,21)/b12-11+. The molecule has 4 nitrogen and oxygen atoms in total. The maximum Gasteiger partial charge on any atom is 0.337 e. The molecule has 0 saturated carbocycles. The molecule has 106 valence electrons. The van der Waals surface area contributed by atoms with Crippen LogP contribution in [0.4, 0.5) is 5.69 Å². The van der Waals surface area contributed by atoms with Crippen LogP contribution in [0.25, 0.3) is 6.08 Å². The fourth-order valence-corrected chi connectivity index (χ4v) is 1.86. The maximum atomic E-state index is 12.1. The minimum atomic E-state index is -1.07. The number of carboxylic acid groups (broad SMARTS) is 1. The molecule has 0 aliphatic carbocycles. The highest BCUT2D eigenvalue weighted by molar-refractivity contribution is 6.09. The zero-order chi connectivity index (χ0) is 15.2. The molecule has 0 aliphatic rings. The van der Waals surface area contributed by atoms with Crippen molar-refractivity contribution in [1.82, 2.24) is 0 Å². The molecule has 0 aromatic heterocycles. The highest BCUT2D eigenvalue weighted by Crippen LogP contribution is 2.16. The molecule has 2 rings (SSSR count). The minimum absolute atomic E-state index is 0.0679. The number of benzene rings is 2. The average molecular weight is 281 g/mol. The van der Waals surface area contributed by atoms with Crippen molar-refractivity contribution < 1.29 is 14.7 Å². The number of carbonyl (C=O) groups is 2. The van der Waals surface area contributed by atoms with Crippen LogP contribution in [-0.4, -0.2) is 17.0 Å². The Kier molecular flexibility index (Phi) is 4.51. The molecule has 2 aromatic carbocycles. The van der Waals surface area contributed by atoms with E-state index in [4.69, 9.17) is 5.11 Å². The molecule has 4 heteroatoms. The smallest absolute Gasteiger partial charge is 0.337 e. The van der Waals surface area contributed by atoms with E-state index in [0.29, 0.717) is 5.57 Å². The molecule has 2 N–H and O–H groups in total. The van der Waals surface area contributed by atoms with Crippen LogP contribution >= 0.6 is 0 Å². The molecule has 0 atom stereocenters. The van der Waals surface area contributed by atoms with E-state index in [-0.39, 0.29) is 17.2 Å². The molecule has 0 unspecified atom stereocenters. The van der Waals surface area contributed by atoms with E-state index in [1.54, 1.807) is 31.2 Å². The zero-order valence-corrected chi connectivity index (χ0v) is 11.5. The Hall–Kier alpha value is -2.88. The monoisotopic (exact) mass is 281 g/mol. The van der Waals surface area contributed by atoms with Crippen molar-refractivity contribution in [2.24, 2.45) is 0 Å². The summed E-state index contributed by atoms with van der Waals surface area (Å²) >= 11 is 0. The molecule has 0 saturated heterocycles. The fraction of sp³-hybridized carbons (Fsp3) is 0.0588. The van der Waals surface area contributed by atoms with E-state index >= 15 is 0 Å². The van der Waals surface area contributed by atoms with Crippen LogP contribution in [0.1, 0.15) is 22.8 Å². The van der Waals surface area contributed by atoms with Crippen molar-refractivity contribution in [3.63, 3.8) is 0 Å². The highest BCUT2D eigenvalue weighted by atomic mass is 16.4. The highest BCUT2D eigenvalue weighted by Gasteiger charge is 2.12. The Morgan fingerprint density at radius 3 is 2.29 bits per heavy atom. The summed E-state index contributed by atoms with van der Waals surface area (Å²) in [6.45, 7) is 1.69. The van der Waals surface area contributed by atoms with Crippen molar-refractivity contribution in [2.75, 3.05) is 5.32 Å². The summed E-state index contributed by atoms with van der Waals surface area (Å²) in [4.78, 5) is 23.2. The molecule has 0 radical (unpaired) electrons. The Bertz CT molecular complexity index is 690. The van der Waals surface area contributed by atoms with E-state index in [0.717, 1.165) is 5.56 Å². The first-order valence-corrected chi connectivity index (χ1v) is 6.45. The summed E-state index contributed by atoms with van der Waals surface area (Å²) in [5, 5.41) is 11.7. The van der Waals surface area contributed by atoms with Gasteiger partial charge in [-0.05, 0) is 30.7 Å². The quantitative estimate of drug-likeness (QED) is 0.844. The Balaban J connectivity index is 2.19. The number of hydrogen-bond donors (Lipinski definition) is 2. The summed E-state index contributed by atoms with van der Waals surface area (Å²) in [5.74, 6) is -1.40. The first kappa shape index (κ1) is 14.5. The van der Waals surface area contributed by atoms with Gasteiger partial charge < -0.3 is 10.4 Å². The Morgan fingerprint density at radius 2 is 1.62 bits per heavy atom. The van der Waals surface area contributed by atoms with Gasteiger partial charge in [0.05, 0.1) is 11.3 Å². The molecular weight excluding hydrogens is 266 g/mol. The number of amides is 1. The van der Waals surface area contributed by atoms with Crippen molar-refractivity contribution >= 4 is 23.6 Å². The van der Waals surface area contributed by atoms with Gasteiger partial charge in [0.25, 0.3) is 5.91 Å². The largest absolute Gasteiger partial charge is 0.478 e. The van der Waals surface area contributed by atoms with Gasteiger partial charge in [-0.2, -0.15) is 0 Å². The van der Waals surface area contributed by atoms with Gasteiger partial charge in [-0.1, -0.05) is 42.5 Å². The van der Waals surface area contributed by atoms with Gasteiger partial charge in [0, 0.05) is 5.57 Å². The third-order valence-corrected chi connectivity index (χ3v) is 2.95. The first-order valence-electron chi connectivity index (χ1n) is 6.45. The van der Waals surface area contributed by atoms with Crippen molar-refractivity contribution in [2.45, 2.75) is 6.92 Å². The summed E-state index contributed by atoms with van der Waals surface area (Å²) in [5.41, 5.74) is 1.77. The van der Waals surface area contributed by atoms with Gasteiger partial charge in [-0.15, -0.1) is 0 Å². The predicted molar refractivity (Wildman–Crippen MR) is 82.1 cm³/mol. The van der Waals surface area contributed by atoms with Crippen LogP contribution < -0.4 is 5.32 Å². The van der Waals surface area contributed by atoms with Gasteiger partial charge in [0.1, 0.15) is 0 Å². The summed E-state index contributed by atoms with van der Waals surface area (Å²) in [7, 11) is 0. The third kappa shape index (κ3) is 3.79. The topological polar surface area (TPSA) is 66.4 Å². The van der Waals surface area contributed by atoms with Gasteiger partial charge in [0.15, 0.2) is 0 Å². The van der Waals surface area contributed by atoms with Crippen LogP contribution in [0.5, 0.6) is 0 Å². The minimum Gasteiger partial charge on any atom is -0.478 e. The van der Waals surface area contributed by atoms with Crippen LogP contribution in [0.2, 0.25) is 0 Å². The van der Waals surface area contributed by atoms with Crippen LogP contribution in [-0.2, 0) is 4.79 Å². The fourth-order valence-electron chi connectivity index (χ4n) is 1.86. The van der Waals surface area contributed by atoms with Crippen LogP contribution in [0.3, 0.4) is 0 Å². The summed E-state index contributed by atoms with van der Waals surface area (Å²) in [6.07, 6.45) is 1.75. The number of anilines is 1. The van der Waals surface area contributed by atoms with E-state index in [9.17, 15) is 9.59 Å². The first-order chi connectivity index (χ1) is 10.1. The number of hydrogen-bond acceptors (Lipinski definition) is 2.